The number of benzene rings is 3. The van der Waals surface area contributed by atoms with Crippen LogP contribution in [0, 0.1) is 5.82 Å². The molecule has 4 aromatic rings. The first-order valence-corrected chi connectivity index (χ1v) is 10.7. The Morgan fingerprint density at radius 2 is 1.72 bits per heavy atom. The van der Waals surface area contributed by atoms with Gasteiger partial charge in [-0.05, 0) is 42.0 Å². The van der Waals surface area contributed by atoms with Crippen molar-refractivity contribution < 1.29 is 18.6 Å². The van der Waals surface area contributed by atoms with Crippen LogP contribution in [0.2, 0.25) is 0 Å². The summed E-state index contributed by atoms with van der Waals surface area (Å²) in [6.45, 7) is 0. The van der Waals surface area contributed by atoms with Gasteiger partial charge in [0.15, 0.2) is 16.7 Å². The van der Waals surface area contributed by atoms with Crippen LogP contribution >= 0.6 is 11.8 Å². The summed E-state index contributed by atoms with van der Waals surface area (Å²) < 4.78 is 31.4. The summed E-state index contributed by atoms with van der Waals surface area (Å²) in [4.78, 5) is 18.2. The summed E-state index contributed by atoms with van der Waals surface area (Å²) in [5.74, 6) is 1.23. The van der Waals surface area contributed by atoms with E-state index < -0.39 is 5.82 Å². The summed E-state index contributed by atoms with van der Waals surface area (Å²) in [5, 5.41) is 0.957. The molecule has 0 radical (unpaired) electrons. The lowest BCUT2D eigenvalue weighted by atomic mass is 10.2. The molecule has 0 aliphatic rings. The lowest BCUT2D eigenvalue weighted by molar-refractivity contribution is 0.386. The zero-order chi connectivity index (χ0) is 22.7. The number of halogens is 1. The number of hydrogen-bond acceptors (Lipinski definition) is 6. The Balaban J connectivity index is 1.83. The number of aromatic nitrogens is 2. The molecule has 0 N–H and O–H groups in total. The van der Waals surface area contributed by atoms with Crippen LogP contribution in [0.3, 0.4) is 0 Å². The predicted octanol–water partition coefficient (Wildman–Crippen LogP) is 4.84. The molecule has 0 saturated carbocycles. The summed E-state index contributed by atoms with van der Waals surface area (Å²) in [6, 6.07) is 17.2. The van der Waals surface area contributed by atoms with Crippen LogP contribution in [-0.4, -0.2) is 30.9 Å². The van der Waals surface area contributed by atoms with Crippen molar-refractivity contribution in [3.8, 4) is 22.9 Å². The highest BCUT2D eigenvalue weighted by atomic mass is 32.2. The fraction of sp³-hybridized carbons (Fsp3) is 0.167. The van der Waals surface area contributed by atoms with Crippen molar-refractivity contribution >= 4 is 22.7 Å². The van der Waals surface area contributed by atoms with Crippen LogP contribution in [0.4, 0.5) is 4.39 Å². The quantitative estimate of drug-likeness (QED) is 0.295. The molecule has 0 spiro atoms. The molecule has 164 valence electrons. The molecule has 8 heteroatoms. The van der Waals surface area contributed by atoms with Gasteiger partial charge in [-0.25, -0.2) is 9.37 Å². The summed E-state index contributed by atoms with van der Waals surface area (Å²) in [7, 11) is 4.52. The summed E-state index contributed by atoms with van der Waals surface area (Å²) in [5.41, 5.74) is 1.65. The Hall–Kier alpha value is -3.52. The van der Waals surface area contributed by atoms with Gasteiger partial charge in [0.1, 0.15) is 11.5 Å². The van der Waals surface area contributed by atoms with Gasteiger partial charge in [0.05, 0.1) is 37.9 Å². The highest BCUT2D eigenvalue weighted by molar-refractivity contribution is 7.98. The van der Waals surface area contributed by atoms with Gasteiger partial charge < -0.3 is 14.2 Å². The van der Waals surface area contributed by atoms with Crippen LogP contribution in [-0.2, 0) is 5.75 Å². The van der Waals surface area contributed by atoms with Crippen molar-refractivity contribution in [3.63, 3.8) is 0 Å². The molecule has 32 heavy (non-hydrogen) atoms. The Bertz CT molecular complexity index is 1340. The third kappa shape index (κ3) is 4.13. The van der Waals surface area contributed by atoms with E-state index in [1.54, 1.807) is 55.6 Å². The third-order valence-electron chi connectivity index (χ3n) is 4.96. The molecule has 1 aromatic heterocycles. The largest absolute Gasteiger partial charge is 0.497 e. The first kappa shape index (κ1) is 21.7. The average Bonchev–Trinajstić information content (AvgIpc) is 2.82. The van der Waals surface area contributed by atoms with E-state index in [1.807, 2.05) is 6.07 Å². The standard InChI is InChI=1S/C24H21FN2O4S/c1-29-16-9-10-20(22(13-16)31-3)27-23(28)17-6-4-5-7-19(17)26-24(27)32-14-15-8-11-21(30-2)18(25)12-15/h4-13H,14H2,1-3H3. The van der Waals surface area contributed by atoms with E-state index in [0.717, 1.165) is 5.56 Å². The molecule has 3 aromatic carbocycles. The molecular formula is C24H21FN2O4S. The molecule has 0 amide bonds. The van der Waals surface area contributed by atoms with Gasteiger partial charge in [0.2, 0.25) is 0 Å². The van der Waals surface area contributed by atoms with Gasteiger partial charge in [-0.3, -0.25) is 9.36 Å². The predicted molar refractivity (Wildman–Crippen MR) is 123 cm³/mol. The highest BCUT2D eigenvalue weighted by Crippen LogP contribution is 2.32. The fourth-order valence-electron chi connectivity index (χ4n) is 3.34. The van der Waals surface area contributed by atoms with E-state index in [0.29, 0.717) is 39.0 Å². The van der Waals surface area contributed by atoms with Crippen LogP contribution in [0.25, 0.3) is 16.6 Å². The van der Waals surface area contributed by atoms with Crippen molar-refractivity contribution in [2.24, 2.45) is 0 Å². The Labute approximate surface area is 188 Å². The smallest absolute Gasteiger partial charge is 0.266 e. The minimum absolute atomic E-state index is 0.183. The third-order valence-corrected chi connectivity index (χ3v) is 5.97. The maximum atomic E-state index is 14.1. The zero-order valence-corrected chi connectivity index (χ0v) is 18.6. The van der Waals surface area contributed by atoms with Gasteiger partial charge in [-0.15, -0.1) is 0 Å². The summed E-state index contributed by atoms with van der Waals surface area (Å²) >= 11 is 1.33. The number of nitrogens with zero attached hydrogens (tertiary/aromatic N) is 2. The Morgan fingerprint density at radius 3 is 2.44 bits per heavy atom. The molecule has 0 unspecified atom stereocenters. The minimum Gasteiger partial charge on any atom is -0.497 e. The van der Waals surface area contributed by atoms with Crippen molar-refractivity contribution in [2.45, 2.75) is 10.9 Å². The average molecular weight is 453 g/mol. The zero-order valence-electron chi connectivity index (χ0n) is 17.8. The molecular weight excluding hydrogens is 431 g/mol. The van der Waals surface area contributed by atoms with Crippen LogP contribution in [0.15, 0.2) is 70.6 Å². The maximum absolute atomic E-state index is 14.1. The first-order chi connectivity index (χ1) is 15.5. The van der Waals surface area contributed by atoms with Crippen molar-refractivity contribution in [2.75, 3.05) is 21.3 Å². The van der Waals surface area contributed by atoms with E-state index in [-0.39, 0.29) is 11.3 Å². The van der Waals surface area contributed by atoms with Gasteiger partial charge in [0.25, 0.3) is 5.56 Å². The normalized spacial score (nSPS) is 10.9. The van der Waals surface area contributed by atoms with Crippen LogP contribution in [0.5, 0.6) is 17.2 Å². The van der Waals surface area contributed by atoms with E-state index in [9.17, 15) is 9.18 Å². The van der Waals surface area contributed by atoms with E-state index in [4.69, 9.17) is 19.2 Å². The molecule has 0 atom stereocenters. The van der Waals surface area contributed by atoms with Crippen molar-refractivity contribution in [1.82, 2.24) is 9.55 Å². The van der Waals surface area contributed by atoms with Crippen molar-refractivity contribution in [1.29, 1.82) is 0 Å². The number of fused-ring (bicyclic) bond motifs is 1. The molecule has 6 nitrogen and oxygen atoms in total. The lowest BCUT2D eigenvalue weighted by Gasteiger charge is -2.16. The number of methoxy groups -OCH3 is 3. The minimum atomic E-state index is -0.439. The van der Waals surface area contributed by atoms with Gasteiger partial charge in [0, 0.05) is 11.8 Å². The van der Waals surface area contributed by atoms with Gasteiger partial charge >= 0.3 is 0 Å². The Kier molecular flexibility index (Phi) is 6.32. The second kappa shape index (κ2) is 9.32. The van der Waals surface area contributed by atoms with E-state index >= 15 is 0 Å². The molecule has 4 rings (SSSR count). The topological polar surface area (TPSA) is 62.6 Å². The maximum Gasteiger partial charge on any atom is 0.266 e. The molecule has 0 bridgehead atoms. The highest BCUT2D eigenvalue weighted by Gasteiger charge is 2.17. The monoisotopic (exact) mass is 452 g/mol. The SMILES string of the molecule is COc1ccc(-n2c(SCc3ccc(OC)c(F)c3)nc3ccccc3c2=O)c(OC)c1. The van der Waals surface area contributed by atoms with Crippen LogP contribution < -0.4 is 19.8 Å². The number of thioether (sulfide) groups is 1. The number of para-hydroxylation sites is 1. The fourth-order valence-corrected chi connectivity index (χ4v) is 4.29. The van der Waals surface area contributed by atoms with Crippen molar-refractivity contribution in [3.05, 3.63) is 82.4 Å². The lowest BCUT2D eigenvalue weighted by Crippen LogP contribution is -2.22. The van der Waals surface area contributed by atoms with E-state index in [2.05, 4.69) is 0 Å². The van der Waals surface area contributed by atoms with Gasteiger partial charge in [-0.1, -0.05) is 30.0 Å². The second-order valence-corrected chi connectivity index (χ2v) is 7.79. The van der Waals surface area contributed by atoms with E-state index in [1.165, 1.54) is 36.6 Å². The summed E-state index contributed by atoms with van der Waals surface area (Å²) in [6.07, 6.45) is 0. The number of hydrogen-bond donors (Lipinski definition) is 0. The van der Waals surface area contributed by atoms with Gasteiger partial charge in [-0.2, -0.15) is 0 Å². The number of ether oxygens (including phenoxy) is 3. The molecule has 0 fully saturated rings. The number of rotatable bonds is 7. The Morgan fingerprint density at radius 1 is 0.938 bits per heavy atom. The molecule has 0 aliphatic carbocycles. The van der Waals surface area contributed by atoms with Crippen LogP contribution in [0.1, 0.15) is 5.56 Å². The first-order valence-electron chi connectivity index (χ1n) is 9.75. The molecule has 0 aliphatic heterocycles. The second-order valence-electron chi connectivity index (χ2n) is 6.85. The molecule has 1 heterocycles. The molecule has 0 saturated heterocycles.